The lowest BCUT2D eigenvalue weighted by Crippen LogP contribution is -2.31. The van der Waals surface area contributed by atoms with Crippen LogP contribution in [0.5, 0.6) is 0 Å². The Morgan fingerprint density at radius 3 is 2.80 bits per heavy atom. The number of halogens is 2. The summed E-state index contributed by atoms with van der Waals surface area (Å²) < 4.78 is 32.2. The van der Waals surface area contributed by atoms with Crippen LogP contribution in [0.1, 0.15) is 24.8 Å². The topological polar surface area (TPSA) is 64.4 Å². The molecule has 1 unspecified atom stereocenters. The van der Waals surface area contributed by atoms with Crippen molar-refractivity contribution < 1.29 is 18.4 Å². The van der Waals surface area contributed by atoms with Crippen molar-refractivity contribution in [1.29, 1.82) is 0 Å². The van der Waals surface area contributed by atoms with Crippen LogP contribution in [-0.2, 0) is 11.3 Å². The Morgan fingerprint density at radius 2 is 2.15 bits per heavy atom. The summed E-state index contributed by atoms with van der Waals surface area (Å²) in [6, 6.07) is 1.48. The molecule has 1 aliphatic heterocycles. The number of nitrogens with zero attached hydrogens (tertiary/aromatic N) is 1. The van der Waals surface area contributed by atoms with Crippen molar-refractivity contribution in [2.24, 2.45) is 0 Å². The van der Waals surface area contributed by atoms with Crippen LogP contribution in [0.15, 0.2) is 12.1 Å². The van der Waals surface area contributed by atoms with Gasteiger partial charge in [-0.2, -0.15) is 4.39 Å². The SMILES string of the molecule is O=[N+]([O-])c1cc(CNCC2CCCCO2)c(F)cc1F. The van der Waals surface area contributed by atoms with Gasteiger partial charge in [-0.25, -0.2) is 4.39 Å². The van der Waals surface area contributed by atoms with E-state index < -0.39 is 22.2 Å². The quantitative estimate of drug-likeness (QED) is 0.667. The van der Waals surface area contributed by atoms with E-state index in [1.807, 2.05) is 0 Å². The lowest BCUT2D eigenvalue weighted by atomic mass is 10.1. The van der Waals surface area contributed by atoms with Crippen LogP contribution in [0.4, 0.5) is 14.5 Å². The van der Waals surface area contributed by atoms with E-state index in [-0.39, 0.29) is 18.2 Å². The fraction of sp³-hybridized carbons (Fsp3) is 0.538. The molecule has 0 amide bonds. The summed E-state index contributed by atoms with van der Waals surface area (Å²) in [6.45, 7) is 1.38. The Labute approximate surface area is 115 Å². The van der Waals surface area contributed by atoms with Crippen molar-refractivity contribution in [2.45, 2.75) is 31.9 Å². The predicted octanol–water partition coefficient (Wildman–Crippen LogP) is 2.53. The maximum Gasteiger partial charge on any atom is 0.305 e. The minimum Gasteiger partial charge on any atom is -0.377 e. The van der Waals surface area contributed by atoms with Crippen molar-refractivity contribution >= 4 is 5.69 Å². The highest BCUT2D eigenvalue weighted by Gasteiger charge is 2.19. The largest absolute Gasteiger partial charge is 0.377 e. The third kappa shape index (κ3) is 3.71. The molecule has 1 aliphatic rings. The van der Waals surface area contributed by atoms with Gasteiger partial charge in [0.25, 0.3) is 0 Å². The summed E-state index contributed by atoms with van der Waals surface area (Å²) in [5.74, 6) is -1.95. The first-order valence-electron chi connectivity index (χ1n) is 6.52. The molecule has 1 aromatic rings. The zero-order valence-electron chi connectivity index (χ0n) is 10.9. The molecule has 110 valence electrons. The van der Waals surface area contributed by atoms with E-state index in [2.05, 4.69) is 5.32 Å². The van der Waals surface area contributed by atoms with Gasteiger partial charge in [0.15, 0.2) is 0 Å². The van der Waals surface area contributed by atoms with E-state index >= 15 is 0 Å². The molecule has 0 spiro atoms. The first-order chi connectivity index (χ1) is 9.58. The summed E-state index contributed by atoms with van der Waals surface area (Å²) in [5, 5.41) is 13.6. The fourth-order valence-corrected chi connectivity index (χ4v) is 2.19. The van der Waals surface area contributed by atoms with Gasteiger partial charge in [0.1, 0.15) is 5.82 Å². The molecule has 0 radical (unpaired) electrons. The van der Waals surface area contributed by atoms with E-state index in [1.54, 1.807) is 0 Å². The molecule has 1 fully saturated rings. The third-order valence-electron chi connectivity index (χ3n) is 3.27. The number of nitrogens with one attached hydrogen (secondary N) is 1. The van der Waals surface area contributed by atoms with E-state index in [4.69, 9.17) is 4.74 Å². The second-order valence-electron chi connectivity index (χ2n) is 4.77. The summed E-state index contributed by atoms with van der Waals surface area (Å²) in [5.41, 5.74) is -0.633. The molecule has 1 aromatic carbocycles. The van der Waals surface area contributed by atoms with Crippen LogP contribution in [0.3, 0.4) is 0 Å². The van der Waals surface area contributed by atoms with Crippen LogP contribution in [0.2, 0.25) is 0 Å². The average Bonchev–Trinajstić information content (AvgIpc) is 2.42. The number of hydrogen-bond donors (Lipinski definition) is 1. The highest BCUT2D eigenvalue weighted by molar-refractivity contribution is 5.37. The van der Waals surface area contributed by atoms with Crippen molar-refractivity contribution in [3.05, 3.63) is 39.4 Å². The van der Waals surface area contributed by atoms with Crippen LogP contribution in [0, 0.1) is 21.7 Å². The van der Waals surface area contributed by atoms with Crippen molar-refractivity contribution in [3.63, 3.8) is 0 Å². The minimum absolute atomic E-state index is 0.0777. The summed E-state index contributed by atoms with van der Waals surface area (Å²) >= 11 is 0. The molecule has 0 bridgehead atoms. The molecular weight excluding hydrogens is 270 g/mol. The van der Waals surface area contributed by atoms with Gasteiger partial charge in [-0.05, 0) is 19.3 Å². The zero-order valence-corrected chi connectivity index (χ0v) is 10.9. The van der Waals surface area contributed by atoms with Gasteiger partial charge in [0, 0.05) is 37.4 Å². The van der Waals surface area contributed by atoms with Gasteiger partial charge in [0.2, 0.25) is 5.82 Å². The second kappa shape index (κ2) is 6.71. The highest BCUT2D eigenvalue weighted by atomic mass is 19.1. The number of hydrogen-bond acceptors (Lipinski definition) is 4. The maximum absolute atomic E-state index is 13.5. The van der Waals surface area contributed by atoms with Crippen molar-refractivity contribution in [1.82, 2.24) is 5.32 Å². The monoisotopic (exact) mass is 286 g/mol. The van der Waals surface area contributed by atoms with Crippen molar-refractivity contribution in [3.8, 4) is 0 Å². The fourth-order valence-electron chi connectivity index (χ4n) is 2.19. The van der Waals surface area contributed by atoms with Gasteiger partial charge >= 0.3 is 5.69 Å². The average molecular weight is 286 g/mol. The Hall–Kier alpha value is -1.60. The number of rotatable bonds is 5. The number of nitro groups is 1. The molecule has 1 N–H and O–H groups in total. The zero-order chi connectivity index (χ0) is 14.5. The van der Waals surface area contributed by atoms with E-state index in [0.29, 0.717) is 12.6 Å². The van der Waals surface area contributed by atoms with Gasteiger partial charge in [-0.3, -0.25) is 10.1 Å². The van der Waals surface area contributed by atoms with Crippen LogP contribution in [-0.4, -0.2) is 24.2 Å². The minimum atomic E-state index is -1.16. The van der Waals surface area contributed by atoms with E-state index in [9.17, 15) is 18.9 Å². The maximum atomic E-state index is 13.5. The number of benzene rings is 1. The first kappa shape index (κ1) is 14.8. The molecule has 0 aliphatic carbocycles. The van der Waals surface area contributed by atoms with Gasteiger partial charge in [-0.15, -0.1) is 0 Å². The number of nitro benzene ring substituents is 1. The lowest BCUT2D eigenvalue weighted by molar-refractivity contribution is -0.387. The molecule has 0 saturated carbocycles. The third-order valence-corrected chi connectivity index (χ3v) is 3.27. The molecular formula is C13H16F2N2O3. The smallest absolute Gasteiger partial charge is 0.305 e. The van der Waals surface area contributed by atoms with E-state index in [1.165, 1.54) is 0 Å². The summed E-state index contributed by atoms with van der Waals surface area (Å²) in [7, 11) is 0. The molecule has 7 heteroatoms. The van der Waals surface area contributed by atoms with Gasteiger partial charge < -0.3 is 10.1 Å². The highest BCUT2D eigenvalue weighted by Crippen LogP contribution is 2.21. The first-order valence-corrected chi connectivity index (χ1v) is 6.52. The van der Waals surface area contributed by atoms with Crippen molar-refractivity contribution in [2.75, 3.05) is 13.2 Å². The van der Waals surface area contributed by atoms with Gasteiger partial charge in [0.05, 0.1) is 11.0 Å². The molecule has 2 rings (SSSR count). The molecule has 1 saturated heterocycles. The van der Waals surface area contributed by atoms with Crippen LogP contribution < -0.4 is 5.32 Å². The van der Waals surface area contributed by atoms with Crippen LogP contribution >= 0.6 is 0 Å². The molecule has 0 aromatic heterocycles. The molecule has 20 heavy (non-hydrogen) atoms. The lowest BCUT2D eigenvalue weighted by Gasteiger charge is -2.22. The Bertz CT molecular complexity index is 491. The second-order valence-corrected chi connectivity index (χ2v) is 4.77. The normalized spacial score (nSPS) is 19.0. The van der Waals surface area contributed by atoms with Gasteiger partial charge in [-0.1, -0.05) is 0 Å². The Kier molecular flexibility index (Phi) is 4.97. The molecule has 1 atom stereocenters. The Morgan fingerprint density at radius 1 is 1.35 bits per heavy atom. The summed E-state index contributed by atoms with van der Waals surface area (Å²) in [6.07, 6.45) is 3.18. The van der Waals surface area contributed by atoms with Crippen LogP contribution in [0.25, 0.3) is 0 Å². The Balaban J connectivity index is 1.94. The van der Waals surface area contributed by atoms with E-state index in [0.717, 1.165) is 31.9 Å². The summed E-state index contributed by atoms with van der Waals surface area (Å²) in [4.78, 5) is 9.75. The predicted molar refractivity (Wildman–Crippen MR) is 68.3 cm³/mol. The number of ether oxygens (including phenoxy) is 1. The standard InChI is InChI=1S/C13H16F2N2O3/c14-11-6-12(15)13(17(18)19)5-9(11)7-16-8-10-3-1-2-4-20-10/h5-6,10,16H,1-4,7-8H2. The molecule has 1 heterocycles. The molecule has 5 nitrogen and oxygen atoms in total.